The number of alkyl halides is 3. The molecule has 2 aromatic heterocycles. The zero-order chi connectivity index (χ0) is 27.0. The number of nitrogens with one attached hydrogen (secondary N) is 2. The average molecular weight is 522 g/mol. The molecule has 37 heavy (non-hydrogen) atoms. The Bertz CT molecular complexity index is 1320. The summed E-state index contributed by atoms with van der Waals surface area (Å²) < 4.78 is 64.2. The van der Waals surface area contributed by atoms with E-state index in [-0.39, 0.29) is 23.1 Å². The molecule has 194 valence electrons. The summed E-state index contributed by atoms with van der Waals surface area (Å²) in [6, 6.07) is 13.8. The van der Waals surface area contributed by atoms with Gasteiger partial charge < -0.3 is 19.9 Å². The van der Waals surface area contributed by atoms with Gasteiger partial charge in [-0.1, -0.05) is 35.5 Å². The molecule has 2 aromatic carbocycles. The predicted octanol–water partition coefficient (Wildman–Crippen LogP) is 4.56. The Labute approximate surface area is 206 Å². The largest absolute Gasteiger partial charge is 0.490 e. The van der Waals surface area contributed by atoms with E-state index < -0.39 is 29.7 Å². The minimum atomic E-state index is -5.08. The van der Waals surface area contributed by atoms with Crippen molar-refractivity contribution in [3.8, 4) is 11.3 Å². The number of hydrogen-bond acceptors (Lipinski definition) is 5. The Morgan fingerprint density at radius 3 is 2.38 bits per heavy atom. The maximum atomic E-state index is 14.0. The summed E-state index contributed by atoms with van der Waals surface area (Å²) in [6.45, 7) is 0. The van der Waals surface area contributed by atoms with Gasteiger partial charge in [-0.25, -0.2) is 18.6 Å². The van der Waals surface area contributed by atoms with E-state index >= 15 is 0 Å². The number of hydrogen-bond donors (Lipinski definition) is 3. The molecule has 0 saturated heterocycles. The van der Waals surface area contributed by atoms with Gasteiger partial charge in [-0.15, -0.1) is 0 Å². The van der Waals surface area contributed by atoms with Crippen molar-refractivity contribution in [3.63, 3.8) is 0 Å². The minimum Gasteiger partial charge on any atom is -0.475 e. The molecule has 0 aliphatic rings. The van der Waals surface area contributed by atoms with E-state index in [4.69, 9.17) is 14.4 Å². The number of amides is 1. The lowest BCUT2D eigenvalue weighted by molar-refractivity contribution is -0.192. The molecule has 0 radical (unpaired) electrons. The van der Waals surface area contributed by atoms with Crippen molar-refractivity contribution >= 4 is 11.9 Å². The van der Waals surface area contributed by atoms with E-state index in [0.717, 1.165) is 29.5 Å². The van der Waals surface area contributed by atoms with Gasteiger partial charge in [0, 0.05) is 36.0 Å². The van der Waals surface area contributed by atoms with Crippen molar-refractivity contribution in [2.75, 3.05) is 0 Å². The van der Waals surface area contributed by atoms with Crippen molar-refractivity contribution in [1.82, 2.24) is 20.4 Å². The van der Waals surface area contributed by atoms with Gasteiger partial charge in [-0.2, -0.15) is 13.2 Å². The summed E-state index contributed by atoms with van der Waals surface area (Å²) in [6.07, 6.45) is -0.693. The zero-order valence-electron chi connectivity index (χ0n) is 18.8. The fourth-order valence-corrected chi connectivity index (χ4v) is 3.19. The molecular weight excluding hydrogens is 503 g/mol. The van der Waals surface area contributed by atoms with Gasteiger partial charge in [0.15, 0.2) is 0 Å². The number of aliphatic carboxylic acids is 1. The Hall–Kier alpha value is -4.55. The number of H-pyrrole nitrogens is 1. The highest BCUT2D eigenvalue weighted by molar-refractivity contribution is 5.92. The van der Waals surface area contributed by atoms with Gasteiger partial charge in [0.25, 0.3) is 5.91 Å². The van der Waals surface area contributed by atoms with E-state index in [0.29, 0.717) is 12.8 Å². The Balaban J connectivity index is 0.000000479. The van der Waals surface area contributed by atoms with E-state index in [2.05, 4.69) is 20.4 Å². The first-order valence-corrected chi connectivity index (χ1v) is 10.6. The van der Waals surface area contributed by atoms with Crippen molar-refractivity contribution in [2.24, 2.45) is 0 Å². The topological polar surface area (TPSA) is 121 Å². The van der Waals surface area contributed by atoms with Crippen molar-refractivity contribution in [3.05, 3.63) is 95.8 Å². The number of rotatable bonds is 7. The molecule has 4 aromatic rings. The molecule has 1 atom stereocenters. The quantitative estimate of drug-likeness (QED) is 0.306. The van der Waals surface area contributed by atoms with Crippen LogP contribution in [-0.2, 0) is 17.6 Å². The van der Waals surface area contributed by atoms with Crippen LogP contribution in [0.3, 0.4) is 0 Å². The molecule has 8 nitrogen and oxygen atoms in total. The molecule has 1 amide bonds. The van der Waals surface area contributed by atoms with Crippen LogP contribution in [0.2, 0.25) is 0 Å². The lowest BCUT2D eigenvalue weighted by Crippen LogP contribution is -2.38. The predicted molar refractivity (Wildman–Crippen MR) is 119 cm³/mol. The number of halogens is 5. The summed E-state index contributed by atoms with van der Waals surface area (Å²) in [5.74, 6) is -4.60. The number of carbonyl (C=O) groups is 2. The summed E-state index contributed by atoms with van der Waals surface area (Å²) in [5, 5.41) is 13.8. The lowest BCUT2D eigenvalue weighted by atomic mass is 10.0. The van der Waals surface area contributed by atoms with Crippen molar-refractivity contribution in [2.45, 2.75) is 25.1 Å². The highest BCUT2D eigenvalue weighted by Crippen LogP contribution is 2.23. The fraction of sp³-hybridized carbons (Fsp3) is 0.167. The van der Waals surface area contributed by atoms with Crippen molar-refractivity contribution in [1.29, 1.82) is 0 Å². The number of carboxylic acid groups (broad SMARTS) is 1. The molecule has 1 unspecified atom stereocenters. The van der Waals surface area contributed by atoms with E-state index in [1.165, 1.54) is 6.07 Å². The highest BCUT2D eigenvalue weighted by Gasteiger charge is 2.38. The molecule has 0 bridgehead atoms. The first-order chi connectivity index (χ1) is 17.5. The number of aromatic amines is 1. The molecule has 2 heterocycles. The molecule has 4 rings (SSSR count). The molecule has 0 aliphatic heterocycles. The Morgan fingerprint density at radius 2 is 1.76 bits per heavy atom. The second kappa shape index (κ2) is 11.9. The SMILES string of the molecule is O=C(NC(Cc1ccccc1)Cc1cnc[nH]1)c1cc(-c2cc(F)ccc2F)no1.O=C(O)C(F)(F)F. The van der Waals surface area contributed by atoms with Crippen LogP contribution in [0.25, 0.3) is 11.3 Å². The molecule has 3 N–H and O–H groups in total. The number of aromatic nitrogens is 3. The van der Waals surface area contributed by atoms with Crippen LogP contribution in [0.4, 0.5) is 22.0 Å². The third kappa shape index (κ3) is 7.98. The number of carbonyl (C=O) groups excluding carboxylic acids is 1. The monoisotopic (exact) mass is 522 g/mol. The molecule has 13 heteroatoms. The van der Waals surface area contributed by atoms with E-state index in [1.807, 2.05) is 30.3 Å². The minimum absolute atomic E-state index is 0.0466. The van der Waals surface area contributed by atoms with Crippen molar-refractivity contribution < 1.29 is 41.2 Å². The normalized spacial score (nSPS) is 11.8. The first-order valence-electron chi connectivity index (χ1n) is 10.6. The van der Waals surface area contributed by atoms with Gasteiger partial charge in [0.1, 0.15) is 17.3 Å². The molecule has 0 aliphatic carbocycles. The fourth-order valence-electron chi connectivity index (χ4n) is 3.19. The van der Waals surface area contributed by atoms with E-state index in [1.54, 1.807) is 12.5 Å². The smallest absolute Gasteiger partial charge is 0.475 e. The van der Waals surface area contributed by atoms with Gasteiger partial charge in [0.2, 0.25) is 5.76 Å². The number of imidazole rings is 1. The lowest BCUT2D eigenvalue weighted by Gasteiger charge is -2.17. The molecular formula is C24H19F5N4O4. The Morgan fingerprint density at radius 1 is 1.05 bits per heavy atom. The van der Waals surface area contributed by atoms with E-state index in [9.17, 15) is 26.7 Å². The number of carboxylic acids is 1. The van der Waals surface area contributed by atoms with Gasteiger partial charge in [0.05, 0.1) is 6.33 Å². The first kappa shape index (κ1) is 27.0. The summed E-state index contributed by atoms with van der Waals surface area (Å²) in [7, 11) is 0. The second-order valence-corrected chi connectivity index (χ2v) is 7.64. The van der Waals surface area contributed by atoms with Crippen LogP contribution < -0.4 is 5.32 Å². The Kier molecular flexibility index (Phi) is 8.72. The third-order valence-corrected chi connectivity index (χ3v) is 4.86. The van der Waals surface area contributed by atoms with Crippen LogP contribution in [0, 0.1) is 11.6 Å². The van der Waals surface area contributed by atoms with Crippen LogP contribution in [0.5, 0.6) is 0 Å². The average Bonchev–Trinajstić information content (AvgIpc) is 3.53. The second-order valence-electron chi connectivity index (χ2n) is 7.64. The van der Waals surface area contributed by atoms with Crippen LogP contribution >= 0.6 is 0 Å². The zero-order valence-corrected chi connectivity index (χ0v) is 18.8. The van der Waals surface area contributed by atoms with Crippen LogP contribution in [0.1, 0.15) is 21.8 Å². The molecule has 0 fully saturated rings. The van der Waals surface area contributed by atoms with Gasteiger partial charge >= 0.3 is 12.1 Å². The standard InChI is InChI=1S/C22H18F2N4O2.C2HF3O2/c23-15-6-7-19(24)18(9-15)20-11-21(30-28-20)22(29)27-16(10-17-12-25-13-26-17)8-14-4-2-1-3-5-14;3-2(4,5)1(6)7/h1-7,9,11-13,16H,8,10H2,(H,25,26)(H,27,29);(H,6,7). The van der Waals surface area contributed by atoms with Crippen LogP contribution in [0.15, 0.2) is 71.6 Å². The molecule has 0 saturated carbocycles. The highest BCUT2D eigenvalue weighted by atomic mass is 19.4. The summed E-state index contributed by atoms with van der Waals surface area (Å²) in [5.41, 5.74) is 1.90. The third-order valence-electron chi connectivity index (χ3n) is 4.86. The number of nitrogens with zero attached hydrogens (tertiary/aromatic N) is 2. The molecule has 0 spiro atoms. The van der Waals surface area contributed by atoms with Gasteiger partial charge in [-0.05, 0) is 30.2 Å². The van der Waals surface area contributed by atoms with Gasteiger partial charge in [-0.3, -0.25) is 4.79 Å². The maximum Gasteiger partial charge on any atom is 0.490 e. The van der Waals surface area contributed by atoms with Crippen LogP contribution in [-0.4, -0.2) is 44.3 Å². The number of benzene rings is 2. The summed E-state index contributed by atoms with van der Waals surface area (Å²) in [4.78, 5) is 28.7. The summed E-state index contributed by atoms with van der Waals surface area (Å²) >= 11 is 0. The maximum absolute atomic E-state index is 14.0.